The number of fused-ring (bicyclic) bond motifs is 1. The van der Waals surface area contributed by atoms with Gasteiger partial charge in [0.05, 0.1) is 31.3 Å². The van der Waals surface area contributed by atoms with Gasteiger partial charge in [-0.25, -0.2) is 0 Å². The molecule has 1 saturated heterocycles. The first kappa shape index (κ1) is 24.1. The van der Waals surface area contributed by atoms with E-state index in [-0.39, 0.29) is 42.5 Å². The molecule has 0 radical (unpaired) electrons. The predicted molar refractivity (Wildman–Crippen MR) is 131 cm³/mol. The first-order chi connectivity index (χ1) is 15.8. The van der Waals surface area contributed by atoms with E-state index in [4.69, 9.17) is 4.74 Å². The van der Waals surface area contributed by atoms with Gasteiger partial charge in [-0.3, -0.25) is 4.79 Å². The Morgan fingerprint density at radius 1 is 1.09 bits per heavy atom. The van der Waals surface area contributed by atoms with Crippen LogP contribution in [0.2, 0.25) is 18.6 Å². The molecule has 0 aliphatic carbocycles. The number of rotatable bonds is 7. The van der Waals surface area contributed by atoms with E-state index in [0.717, 1.165) is 18.4 Å². The van der Waals surface area contributed by atoms with Crippen LogP contribution in [0, 0.1) is 5.92 Å². The SMILES string of the molecule is C[C@H]1[C@H]([Si](C)(C)F)[C@@H](CC(=O)N2Cc3ccccc3C[C@H]2CO)O[C@H]1CCc1ccccc1. The van der Waals surface area contributed by atoms with Gasteiger partial charge in [-0.2, -0.15) is 0 Å². The Balaban J connectivity index is 1.47. The Labute approximate surface area is 198 Å². The van der Waals surface area contributed by atoms with Crippen LogP contribution < -0.4 is 0 Å². The van der Waals surface area contributed by atoms with Crippen LogP contribution in [0.4, 0.5) is 4.11 Å². The highest BCUT2D eigenvalue weighted by molar-refractivity contribution is 6.72. The molecule has 0 aromatic heterocycles. The van der Waals surface area contributed by atoms with E-state index < -0.39 is 14.5 Å². The highest BCUT2D eigenvalue weighted by Gasteiger charge is 2.52. The molecule has 178 valence electrons. The second-order valence-electron chi connectivity index (χ2n) is 10.2. The second-order valence-corrected chi connectivity index (χ2v) is 14.0. The van der Waals surface area contributed by atoms with Gasteiger partial charge in [0, 0.05) is 12.1 Å². The maximum atomic E-state index is 15.5. The number of nitrogens with zero attached hydrogens (tertiary/aromatic N) is 1. The van der Waals surface area contributed by atoms with Crippen LogP contribution in [0.25, 0.3) is 0 Å². The summed E-state index contributed by atoms with van der Waals surface area (Å²) in [5, 5.41) is 9.96. The van der Waals surface area contributed by atoms with Crippen molar-refractivity contribution >= 4 is 14.3 Å². The molecule has 0 spiro atoms. The fraction of sp³-hybridized carbons (Fsp3) is 0.519. The summed E-state index contributed by atoms with van der Waals surface area (Å²) in [6, 6.07) is 18.1. The third-order valence-electron chi connectivity index (χ3n) is 7.52. The summed E-state index contributed by atoms with van der Waals surface area (Å²) < 4.78 is 21.9. The molecular weight excluding hydrogens is 433 g/mol. The standard InChI is InChI=1S/C27H36FNO3Si/c1-19-24(14-13-20-9-5-4-6-10-20)32-25(27(19)33(2,3)28)16-26(31)29-17-22-12-8-7-11-21(22)15-23(29)18-30/h4-12,19,23-25,27,30H,13-18H2,1-3H3/t19-,23+,24+,25-,27+/m1/s1. The van der Waals surface area contributed by atoms with Gasteiger partial charge in [-0.15, -0.1) is 0 Å². The number of carbonyl (C=O) groups excluding carboxylic acids is 1. The van der Waals surface area contributed by atoms with Crippen LogP contribution in [-0.2, 0) is 28.9 Å². The molecule has 0 bridgehead atoms. The minimum Gasteiger partial charge on any atom is -0.394 e. The van der Waals surface area contributed by atoms with Crippen molar-refractivity contribution in [1.82, 2.24) is 4.90 Å². The number of ether oxygens (including phenoxy) is 1. The number of halogens is 1. The summed E-state index contributed by atoms with van der Waals surface area (Å²) in [7, 11) is -3.04. The summed E-state index contributed by atoms with van der Waals surface area (Å²) in [5.74, 6) is 0.0293. The zero-order valence-corrected chi connectivity index (χ0v) is 20.9. The van der Waals surface area contributed by atoms with Gasteiger partial charge in [0.25, 0.3) is 0 Å². The van der Waals surface area contributed by atoms with Crippen molar-refractivity contribution in [1.29, 1.82) is 0 Å². The smallest absolute Gasteiger partial charge is 0.246 e. The van der Waals surface area contributed by atoms with Crippen molar-refractivity contribution in [2.45, 2.75) is 76.0 Å². The monoisotopic (exact) mass is 469 g/mol. The predicted octanol–water partition coefficient (Wildman–Crippen LogP) is 4.90. The maximum absolute atomic E-state index is 15.5. The first-order valence-electron chi connectivity index (χ1n) is 12.1. The van der Waals surface area contributed by atoms with Gasteiger partial charge >= 0.3 is 0 Å². The number of amides is 1. The van der Waals surface area contributed by atoms with E-state index in [1.807, 2.05) is 36.4 Å². The van der Waals surface area contributed by atoms with E-state index in [1.54, 1.807) is 18.0 Å². The van der Waals surface area contributed by atoms with Gasteiger partial charge in [0.15, 0.2) is 0 Å². The molecule has 4 nitrogen and oxygen atoms in total. The Bertz CT molecular complexity index is 948. The number of aliphatic hydroxyl groups excluding tert-OH is 1. The Morgan fingerprint density at radius 3 is 2.42 bits per heavy atom. The van der Waals surface area contributed by atoms with Crippen LogP contribution in [0.15, 0.2) is 54.6 Å². The van der Waals surface area contributed by atoms with E-state index in [1.165, 1.54) is 11.1 Å². The zero-order valence-electron chi connectivity index (χ0n) is 19.9. The molecule has 1 amide bonds. The third kappa shape index (κ3) is 5.39. The minimum atomic E-state index is -3.04. The van der Waals surface area contributed by atoms with Crippen molar-refractivity contribution in [2.24, 2.45) is 5.92 Å². The summed E-state index contributed by atoms with van der Waals surface area (Å²) in [5.41, 5.74) is 3.34. The summed E-state index contributed by atoms with van der Waals surface area (Å²) >= 11 is 0. The molecular formula is C27H36FNO3Si. The van der Waals surface area contributed by atoms with Crippen LogP contribution in [-0.4, -0.2) is 49.2 Å². The van der Waals surface area contributed by atoms with Crippen LogP contribution in [0.3, 0.4) is 0 Å². The molecule has 2 aromatic rings. The average molecular weight is 470 g/mol. The molecule has 0 unspecified atom stereocenters. The number of hydrogen-bond acceptors (Lipinski definition) is 3. The highest BCUT2D eigenvalue weighted by atomic mass is 28.4. The molecule has 5 atom stereocenters. The lowest BCUT2D eigenvalue weighted by molar-refractivity contribution is -0.138. The molecule has 4 rings (SSSR count). The van der Waals surface area contributed by atoms with E-state index in [2.05, 4.69) is 25.1 Å². The number of carbonyl (C=O) groups is 1. The van der Waals surface area contributed by atoms with Gasteiger partial charge in [-0.05, 0) is 55.0 Å². The van der Waals surface area contributed by atoms with Gasteiger partial charge < -0.3 is 18.9 Å². The van der Waals surface area contributed by atoms with Crippen molar-refractivity contribution in [3.8, 4) is 0 Å². The van der Waals surface area contributed by atoms with Crippen LogP contribution in [0.5, 0.6) is 0 Å². The third-order valence-corrected chi connectivity index (χ3v) is 10.0. The number of aryl methyl sites for hydroxylation is 1. The number of benzene rings is 2. The summed E-state index contributed by atoms with van der Waals surface area (Å²) in [6.45, 7) is 5.98. The van der Waals surface area contributed by atoms with E-state index in [9.17, 15) is 9.90 Å². The molecule has 2 aromatic carbocycles. The quantitative estimate of drug-likeness (QED) is 0.463. The maximum Gasteiger partial charge on any atom is 0.246 e. The number of aliphatic hydroxyl groups is 1. The molecule has 2 aliphatic heterocycles. The van der Waals surface area contributed by atoms with Crippen molar-refractivity contribution < 1.29 is 18.7 Å². The van der Waals surface area contributed by atoms with E-state index >= 15 is 4.11 Å². The molecule has 6 heteroatoms. The Hall–Kier alpha value is -2.02. The molecule has 0 saturated carbocycles. The number of hydrogen-bond donors (Lipinski definition) is 1. The normalized spacial score (nSPS) is 27.4. The van der Waals surface area contributed by atoms with Crippen molar-refractivity contribution in [3.63, 3.8) is 0 Å². The van der Waals surface area contributed by atoms with Crippen LogP contribution in [0.1, 0.15) is 36.5 Å². The largest absolute Gasteiger partial charge is 0.394 e. The Kier molecular flexibility index (Phi) is 7.36. The van der Waals surface area contributed by atoms with Crippen molar-refractivity contribution in [2.75, 3.05) is 6.61 Å². The fourth-order valence-electron chi connectivity index (χ4n) is 5.86. The van der Waals surface area contributed by atoms with Gasteiger partial charge in [-0.1, -0.05) is 61.5 Å². The average Bonchev–Trinajstić information content (AvgIpc) is 3.12. The molecule has 1 fully saturated rings. The molecule has 33 heavy (non-hydrogen) atoms. The van der Waals surface area contributed by atoms with Gasteiger partial charge in [0.1, 0.15) is 0 Å². The molecule has 1 N–H and O–H groups in total. The molecule has 2 aliphatic rings. The summed E-state index contributed by atoms with van der Waals surface area (Å²) in [6.07, 6.45) is 2.07. The van der Waals surface area contributed by atoms with Crippen LogP contribution >= 0.6 is 0 Å². The lowest BCUT2D eigenvalue weighted by Crippen LogP contribution is -2.48. The fourth-order valence-corrected chi connectivity index (χ4v) is 8.41. The summed E-state index contributed by atoms with van der Waals surface area (Å²) in [4.78, 5) is 15.2. The van der Waals surface area contributed by atoms with Crippen molar-refractivity contribution in [3.05, 3.63) is 71.3 Å². The lowest BCUT2D eigenvalue weighted by Gasteiger charge is -2.37. The highest BCUT2D eigenvalue weighted by Crippen LogP contribution is 2.47. The molecule has 2 heterocycles. The minimum absolute atomic E-state index is 0.0484. The topological polar surface area (TPSA) is 49.8 Å². The van der Waals surface area contributed by atoms with E-state index in [0.29, 0.717) is 13.0 Å². The Morgan fingerprint density at radius 2 is 1.76 bits per heavy atom. The lowest BCUT2D eigenvalue weighted by atomic mass is 9.93. The van der Waals surface area contributed by atoms with Gasteiger partial charge in [0.2, 0.25) is 14.3 Å². The second kappa shape index (κ2) is 10.1. The first-order valence-corrected chi connectivity index (χ1v) is 15.1. The zero-order chi connectivity index (χ0) is 23.6.